The van der Waals surface area contributed by atoms with Gasteiger partial charge in [-0.05, 0) is 24.6 Å². The third-order valence-corrected chi connectivity index (χ3v) is 5.94. The minimum Gasteiger partial charge on any atom is -0.495 e. The number of carbonyl (C=O) groups is 1. The molecule has 0 bridgehead atoms. The van der Waals surface area contributed by atoms with Gasteiger partial charge in [-0.3, -0.25) is 9.36 Å². The molecule has 0 fully saturated rings. The van der Waals surface area contributed by atoms with Gasteiger partial charge in [0.1, 0.15) is 16.8 Å². The molecule has 1 aromatic heterocycles. The number of aryl methyl sites for hydroxylation is 1. The number of para-hydroxylation sites is 2. The normalized spacial score (nSPS) is 11.8. The quantitative estimate of drug-likeness (QED) is 0.303. The molecule has 0 aliphatic carbocycles. The van der Waals surface area contributed by atoms with Gasteiger partial charge in [0.2, 0.25) is 0 Å². The van der Waals surface area contributed by atoms with Crippen molar-refractivity contribution >= 4 is 17.5 Å². The fraction of sp³-hybridized carbons (Fsp3) is 0.125. The highest BCUT2D eigenvalue weighted by Gasteiger charge is 2.27. The van der Waals surface area contributed by atoms with Crippen LogP contribution >= 0.6 is 11.8 Å². The van der Waals surface area contributed by atoms with Crippen LogP contribution in [-0.4, -0.2) is 27.7 Å². The number of ketones is 1. The Bertz CT molecular complexity index is 1140. The molecule has 1 heterocycles. The lowest BCUT2D eigenvalue weighted by molar-refractivity contribution is 0.0989. The summed E-state index contributed by atoms with van der Waals surface area (Å²) < 4.78 is 7.46. The van der Waals surface area contributed by atoms with Crippen molar-refractivity contribution < 1.29 is 9.53 Å². The molecule has 4 aromatic rings. The molecule has 0 N–H and O–H groups in total. The number of hydrogen-bond acceptors (Lipinski definition) is 5. The van der Waals surface area contributed by atoms with Gasteiger partial charge in [-0.25, -0.2) is 0 Å². The van der Waals surface area contributed by atoms with Crippen molar-refractivity contribution in [1.29, 1.82) is 0 Å². The molecular weight excluding hydrogens is 394 g/mol. The maximum Gasteiger partial charge on any atom is 0.197 e. The van der Waals surface area contributed by atoms with Gasteiger partial charge >= 0.3 is 0 Å². The number of ether oxygens (including phenoxy) is 1. The van der Waals surface area contributed by atoms with Crippen molar-refractivity contribution in [2.45, 2.75) is 17.3 Å². The molecule has 4 rings (SSSR count). The van der Waals surface area contributed by atoms with Crippen LogP contribution in [0.15, 0.2) is 90.1 Å². The van der Waals surface area contributed by atoms with Gasteiger partial charge in [0, 0.05) is 5.56 Å². The average Bonchev–Trinajstić information content (AvgIpc) is 3.17. The maximum absolute atomic E-state index is 13.4. The van der Waals surface area contributed by atoms with E-state index < -0.39 is 5.25 Å². The SMILES string of the molecule is COc1ccccc1-n1c(C)nnc1SC(C(=O)c1ccccc1)c1ccccc1. The van der Waals surface area contributed by atoms with E-state index in [1.54, 1.807) is 7.11 Å². The summed E-state index contributed by atoms with van der Waals surface area (Å²) >= 11 is 1.39. The summed E-state index contributed by atoms with van der Waals surface area (Å²) in [6, 6.07) is 26.8. The largest absolute Gasteiger partial charge is 0.495 e. The first-order chi connectivity index (χ1) is 14.7. The molecule has 0 radical (unpaired) electrons. The van der Waals surface area contributed by atoms with Gasteiger partial charge in [0.05, 0.1) is 12.8 Å². The lowest BCUT2D eigenvalue weighted by Gasteiger charge is -2.17. The number of Topliss-reactive ketones (excluding diaryl/α,β-unsaturated/α-hetero) is 1. The summed E-state index contributed by atoms with van der Waals surface area (Å²) in [5, 5.41) is 8.83. The highest BCUT2D eigenvalue weighted by Crippen LogP contribution is 2.39. The summed E-state index contributed by atoms with van der Waals surface area (Å²) in [7, 11) is 1.64. The van der Waals surface area contributed by atoms with E-state index in [0.717, 1.165) is 17.1 Å². The highest BCUT2D eigenvalue weighted by molar-refractivity contribution is 8.00. The van der Waals surface area contributed by atoms with Crippen molar-refractivity contribution in [1.82, 2.24) is 14.8 Å². The molecule has 6 heteroatoms. The Morgan fingerprint density at radius 2 is 1.53 bits per heavy atom. The maximum atomic E-state index is 13.4. The number of hydrogen-bond donors (Lipinski definition) is 0. The summed E-state index contributed by atoms with van der Waals surface area (Å²) in [6.45, 7) is 1.89. The van der Waals surface area contributed by atoms with E-state index in [2.05, 4.69) is 10.2 Å². The minimum absolute atomic E-state index is 0.0269. The average molecular weight is 416 g/mol. The van der Waals surface area contributed by atoms with Gasteiger partial charge in [-0.1, -0.05) is 84.6 Å². The van der Waals surface area contributed by atoms with Crippen LogP contribution in [0.25, 0.3) is 5.69 Å². The fourth-order valence-electron chi connectivity index (χ4n) is 3.27. The predicted octanol–water partition coefficient (Wildman–Crippen LogP) is 5.30. The van der Waals surface area contributed by atoms with E-state index in [1.807, 2.05) is 96.4 Å². The van der Waals surface area contributed by atoms with E-state index in [1.165, 1.54) is 11.8 Å². The molecular formula is C24H21N3O2S. The topological polar surface area (TPSA) is 57.0 Å². The monoisotopic (exact) mass is 415 g/mol. The molecule has 1 atom stereocenters. The van der Waals surface area contributed by atoms with Crippen molar-refractivity contribution in [2.24, 2.45) is 0 Å². The van der Waals surface area contributed by atoms with Crippen LogP contribution < -0.4 is 4.74 Å². The van der Waals surface area contributed by atoms with Crippen LogP contribution in [0.3, 0.4) is 0 Å². The Morgan fingerprint density at radius 1 is 0.900 bits per heavy atom. The van der Waals surface area contributed by atoms with Crippen LogP contribution in [0.5, 0.6) is 5.75 Å². The molecule has 0 amide bonds. The Morgan fingerprint density at radius 3 is 2.23 bits per heavy atom. The smallest absolute Gasteiger partial charge is 0.197 e. The molecule has 150 valence electrons. The molecule has 3 aromatic carbocycles. The van der Waals surface area contributed by atoms with E-state index in [9.17, 15) is 4.79 Å². The first kappa shape index (κ1) is 19.9. The molecule has 5 nitrogen and oxygen atoms in total. The molecule has 0 saturated heterocycles. The Labute approximate surface area is 179 Å². The lowest BCUT2D eigenvalue weighted by Crippen LogP contribution is -2.11. The molecule has 0 aliphatic rings. The van der Waals surface area contributed by atoms with Gasteiger partial charge in [-0.2, -0.15) is 0 Å². The summed E-state index contributed by atoms with van der Waals surface area (Å²) in [4.78, 5) is 13.4. The Hall–Kier alpha value is -3.38. The van der Waals surface area contributed by atoms with Crippen molar-refractivity contribution in [3.63, 3.8) is 0 Å². The van der Waals surface area contributed by atoms with Crippen LogP contribution in [0.2, 0.25) is 0 Å². The van der Waals surface area contributed by atoms with Crippen LogP contribution in [0.1, 0.15) is 27.0 Å². The predicted molar refractivity (Wildman–Crippen MR) is 118 cm³/mol. The number of thioether (sulfide) groups is 1. The zero-order chi connectivity index (χ0) is 20.9. The zero-order valence-corrected chi connectivity index (χ0v) is 17.5. The second kappa shape index (κ2) is 8.97. The number of nitrogens with zero attached hydrogens (tertiary/aromatic N) is 3. The summed E-state index contributed by atoms with van der Waals surface area (Å²) in [6.07, 6.45) is 0. The second-order valence-corrected chi connectivity index (χ2v) is 7.75. The molecule has 0 aliphatic heterocycles. The first-order valence-electron chi connectivity index (χ1n) is 9.55. The number of rotatable bonds is 7. The van der Waals surface area contributed by atoms with E-state index in [0.29, 0.717) is 16.5 Å². The number of aromatic nitrogens is 3. The fourth-order valence-corrected chi connectivity index (χ4v) is 4.44. The first-order valence-corrected chi connectivity index (χ1v) is 10.4. The van der Waals surface area contributed by atoms with Crippen LogP contribution in [0, 0.1) is 6.92 Å². The van der Waals surface area contributed by atoms with Gasteiger partial charge in [0.25, 0.3) is 0 Å². The van der Waals surface area contributed by atoms with Gasteiger partial charge in [0.15, 0.2) is 10.9 Å². The van der Waals surface area contributed by atoms with E-state index >= 15 is 0 Å². The minimum atomic E-state index is -0.453. The lowest BCUT2D eigenvalue weighted by atomic mass is 10.0. The second-order valence-electron chi connectivity index (χ2n) is 6.68. The Kier molecular flexibility index (Phi) is 5.95. The van der Waals surface area contributed by atoms with E-state index in [-0.39, 0.29) is 5.78 Å². The third kappa shape index (κ3) is 4.00. The highest BCUT2D eigenvalue weighted by atomic mass is 32.2. The molecule has 30 heavy (non-hydrogen) atoms. The van der Waals surface area contributed by atoms with E-state index in [4.69, 9.17) is 4.74 Å². The van der Waals surface area contributed by atoms with Gasteiger partial charge in [-0.15, -0.1) is 10.2 Å². The summed E-state index contributed by atoms with van der Waals surface area (Å²) in [5.41, 5.74) is 2.42. The van der Waals surface area contributed by atoms with Gasteiger partial charge < -0.3 is 4.74 Å². The zero-order valence-electron chi connectivity index (χ0n) is 16.7. The molecule has 0 spiro atoms. The molecule has 0 saturated carbocycles. The van der Waals surface area contributed by atoms with Crippen LogP contribution in [0.4, 0.5) is 0 Å². The number of benzene rings is 3. The number of carbonyl (C=O) groups excluding carboxylic acids is 1. The Balaban J connectivity index is 1.77. The summed E-state index contributed by atoms with van der Waals surface area (Å²) in [5.74, 6) is 1.47. The van der Waals surface area contributed by atoms with Crippen molar-refractivity contribution in [3.8, 4) is 11.4 Å². The van der Waals surface area contributed by atoms with Crippen LogP contribution in [-0.2, 0) is 0 Å². The number of methoxy groups -OCH3 is 1. The van der Waals surface area contributed by atoms with Crippen molar-refractivity contribution in [2.75, 3.05) is 7.11 Å². The molecule has 1 unspecified atom stereocenters. The third-order valence-electron chi connectivity index (χ3n) is 4.74. The standard InChI is InChI=1S/C24H21N3O2S/c1-17-25-26-24(27(17)20-15-9-10-16-21(20)29-2)30-23(19-13-7-4-8-14-19)22(28)18-11-5-3-6-12-18/h3-16,23H,1-2H3. The van der Waals surface area contributed by atoms with Crippen molar-refractivity contribution in [3.05, 3.63) is 102 Å².